The van der Waals surface area contributed by atoms with E-state index in [9.17, 15) is 15.3 Å². The minimum atomic E-state index is -0.768. The highest BCUT2D eigenvalue weighted by atomic mass is 16.3. The number of hydrogen-bond donors (Lipinski definition) is 3. The lowest BCUT2D eigenvalue weighted by molar-refractivity contribution is 0.177. The van der Waals surface area contributed by atoms with Gasteiger partial charge in [-0.05, 0) is 29.7 Å². The van der Waals surface area contributed by atoms with Crippen LogP contribution in [0.15, 0.2) is 72.0 Å². The number of aliphatic hydroxyl groups is 2. The van der Waals surface area contributed by atoms with Gasteiger partial charge in [0.2, 0.25) is 0 Å². The van der Waals surface area contributed by atoms with Crippen molar-refractivity contribution >= 4 is 0 Å². The zero-order valence-corrected chi connectivity index (χ0v) is 13.9. The van der Waals surface area contributed by atoms with Gasteiger partial charge in [0.15, 0.2) is 0 Å². The van der Waals surface area contributed by atoms with E-state index in [2.05, 4.69) is 5.73 Å². The van der Waals surface area contributed by atoms with Crippen LogP contribution >= 0.6 is 0 Å². The molecule has 2 aromatic carbocycles. The van der Waals surface area contributed by atoms with Crippen molar-refractivity contribution in [2.75, 3.05) is 0 Å². The highest BCUT2D eigenvalue weighted by molar-refractivity contribution is 5.33. The standard InChI is InChI=1S/C21H24O3/c1-2-16(15-21(24)17-10-4-3-5-11-17)9-8-14-20(23)18-12-6-7-13-19(18)22/h3-8,10-13,20-24H,2,14-15H2,1H3/t9?,20-,21-/m1/s1. The topological polar surface area (TPSA) is 60.7 Å². The zero-order chi connectivity index (χ0) is 17.4. The summed E-state index contributed by atoms with van der Waals surface area (Å²) in [6, 6.07) is 16.3. The molecule has 0 aliphatic carbocycles. The smallest absolute Gasteiger partial charge is 0.121 e. The molecule has 24 heavy (non-hydrogen) atoms. The molecular formula is C21H24O3. The second-order valence-electron chi connectivity index (χ2n) is 5.75. The summed E-state index contributed by atoms with van der Waals surface area (Å²) < 4.78 is 0. The summed E-state index contributed by atoms with van der Waals surface area (Å²) in [5.74, 6) is 0.0950. The minimum absolute atomic E-state index is 0.0950. The van der Waals surface area contributed by atoms with E-state index in [0.717, 1.165) is 17.6 Å². The Balaban J connectivity index is 2.01. The molecule has 2 aromatic rings. The Labute approximate surface area is 143 Å². The SMILES string of the molecule is CCC(=C=CC[C@@H](O)c1ccccc1O)C[C@@H](O)c1ccccc1. The van der Waals surface area contributed by atoms with E-state index in [1.807, 2.05) is 37.3 Å². The molecule has 0 radical (unpaired) electrons. The van der Waals surface area contributed by atoms with Gasteiger partial charge in [0.05, 0.1) is 12.2 Å². The van der Waals surface area contributed by atoms with Crippen molar-refractivity contribution in [1.82, 2.24) is 0 Å². The first-order valence-corrected chi connectivity index (χ1v) is 8.23. The molecule has 0 amide bonds. The predicted molar refractivity (Wildman–Crippen MR) is 95.6 cm³/mol. The van der Waals surface area contributed by atoms with Crippen molar-refractivity contribution in [3.63, 3.8) is 0 Å². The average Bonchev–Trinajstić information content (AvgIpc) is 2.61. The lowest BCUT2D eigenvalue weighted by Gasteiger charge is -2.11. The Kier molecular flexibility index (Phi) is 6.83. The molecule has 2 atom stereocenters. The van der Waals surface area contributed by atoms with E-state index in [-0.39, 0.29) is 5.75 Å². The van der Waals surface area contributed by atoms with Crippen molar-refractivity contribution in [1.29, 1.82) is 0 Å². The van der Waals surface area contributed by atoms with Crippen molar-refractivity contribution in [3.05, 3.63) is 83.1 Å². The van der Waals surface area contributed by atoms with Gasteiger partial charge in [-0.2, -0.15) is 0 Å². The monoisotopic (exact) mass is 324 g/mol. The molecule has 126 valence electrons. The van der Waals surface area contributed by atoms with E-state index in [4.69, 9.17) is 0 Å². The first-order valence-electron chi connectivity index (χ1n) is 8.23. The van der Waals surface area contributed by atoms with E-state index < -0.39 is 12.2 Å². The van der Waals surface area contributed by atoms with Crippen LogP contribution in [0.4, 0.5) is 0 Å². The average molecular weight is 324 g/mol. The van der Waals surface area contributed by atoms with Crippen molar-refractivity contribution in [3.8, 4) is 5.75 Å². The third-order valence-electron chi connectivity index (χ3n) is 3.99. The second kappa shape index (κ2) is 9.09. The lowest BCUT2D eigenvalue weighted by Crippen LogP contribution is -1.98. The van der Waals surface area contributed by atoms with Gasteiger partial charge in [0, 0.05) is 18.4 Å². The molecule has 0 unspecified atom stereocenters. The Morgan fingerprint density at radius 2 is 1.67 bits per heavy atom. The molecule has 0 heterocycles. The van der Waals surface area contributed by atoms with E-state index >= 15 is 0 Å². The molecule has 0 fully saturated rings. The fraction of sp³-hybridized carbons (Fsp3) is 0.286. The fourth-order valence-corrected chi connectivity index (χ4v) is 2.54. The molecule has 0 bridgehead atoms. The van der Waals surface area contributed by atoms with Gasteiger partial charge < -0.3 is 15.3 Å². The van der Waals surface area contributed by atoms with Crippen LogP contribution in [0.1, 0.15) is 49.5 Å². The van der Waals surface area contributed by atoms with Crippen LogP contribution in [0, 0.1) is 0 Å². The molecule has 3 nitrogen and oxygen atoms in total. The summed E-state index contributed by atoms with van der Waals surface area (Å²) >= 11 is 0. The quantitative estimate of drug-likeness (QED) is 0.660. The van der Waals surface area contributed by atoms with Gasteiger partial charge in [-0.25, -0.2) is 0 Å². The molecule has 0 spiro atoms. The third-order valence-corrected chi connectivity index (χ3v) is 3.99. The third kappa shape index (κ3) is 5.10. The number of benzene rings is 2. The highest BCUT2D eigenvalue weighted by Crippen LogP contribution is 2.26. The largest absolute Gasteiger partial charge is 0.508 e. The molecule has 2 rings (SSSR count). The molecule has 0 saturated heterocycles. The van der Waals surface area contributed by atoms with Crippen LogP contribution in [0.3, 0.4) is 0 Å². The molecule has 0 aliphatic rings. The normalized spacial score (nSPS) is 13.0. The predicted octanol–water partition coefficient (Wildman–Crippen LogP) is 4.43. The maximum Gasteiger partial charge on any atom is 0.121 e. The van der Waals surface area contributed by atoms with Crippen molar-refractivity contribution in [2.24, 2.45) is 0 Å². The Morgan fingerprint density at radius 1 is 1.00 bits per heavy atom. The van der Waals surface area contributed by atoms with Gasteiger partial charge in [0.1, 0.15) is 5.75 Å². The number of phenols is 1. The Morgan fingerprint density at radius 3 is 2.33 bits per heavy atom. The van der Waals surface area contributed by atoms with Gasteiger partial charge >= 0.3 is 0 Å². The van der Waals surface area contributed by atoms with Gasteiger partial charge in [-0.15, -0.1) is 5.73 Å². The molecule has 3 N–H and O–H groups in total. The van der Waals surface area contributed by atoms with Crippen LogP contribution in [-0.2, 0) is 0 Å². The Bertz CT molecular complexity index is 700. The number of aromatic hydroxyl groups is 1. The Hall–Kier alpha value is -2.32. The first kappa shape index (κ1) is 18.0. The summed E-state index contributed by atoms with van der Waals surface area (Å²) in [5.41, 5.74) is 5.58. The molecule has 3 heteroatoms. The maximum atomic E-state index is 10.3. The van der Waals surface area contributed by atoms with Crippen LogP contribution in [0.5, 0.6) is 5.75 Å². The van der Waals surface area contributed by atoms with Crippen LogP contribution < -0.4 is 0 Å². The van der Waals surface area contributed by atoms with E-state index in [1.54, 1.807) is 30.3 Å². The first-order chi connectivity index (χ1) is 11.6. The summed E-state index contributed by atoms with van der Waals surface area (Å²) in [6.07, 6.45) is 2.12. The number of para-hydroxylation sites is 1. The minimum Gasteiger partial charge on any atom is -0.508 e. The van der Waals surface area contributed by atoms with Crippen LogP contribution in [0.25, 0.3) is 0 Å². The molecule has 0 aliphatic heterocycles. The summed E-state index contributed by atoms with van der Waals surface area (Å²) in [6.45, 7) is 2.02. The zero-order valence-electron chi connectivity index (χ0n) is 13.9. The number of aliphatic hydroxyl groups excluding tert-OH is 2. The van der Waals surface area contributed by atoms with Crippen LogP contribution in [-0.4, -0.2) is 15.3 Å². The number of rotatable bonds is 7. The summed E-state index contributed by atoms with van der Waals surface area (Å²) in [5, 5.41) is 30.2. The van der Waals surface area contributed by atoms with Crippen molar-refractivity contribution < 1.29 is 15.3 Å². The summed E-state index contributed by atoms with van der Waals surface area (Å²) in [7, 11) is 0. The highest BCUT2D eigenvalue weighted by Gasteiger charge is 2.10. The maximum absolute atomic E-state index is 10.3. The molecule has 0 aromatic heterocycles. The van der Waals surface area contributed by atoms with Gasteiger partial charge in [0.25, 0.3) is 0 Å². The van der Waals surface area contributed by atoms with E-state index in [0.29, 0.717) is 18.4 Å². The molecule has 0 saturated carbocycles. The second-order valence-corrected chi connectivity index (χ2v) is 5.75. The lowest BCUT2D eigenvalue weighted by atomic mass is 10.00. The van der Waals surface area contributed by atoms with Gasteiger partial charge in [-0.3, -0.25) is 0 Å². The fourth-order valence-electron chi connectivity index (χ4n) is 2.54. The van der Waals surface area contributed by atoms with Crippen molar-refractivity contribution in [2.45, 2.75) is 38.4 Å². The summed E-state index contributed by atoms with van der Waals surface area (Å²) in [4.78, 5) is 0. The number of hydrogen-bond acceptors (Lipinski definition) is 3. The van der Waals surface area contributed by atoms with E-state index in [1.165, 1.54) is 0 Å². The molecular weight excluding hydrogens is 300 g/mol. The van der Waals surface area contributed by atoms with Gasteiger partial charge in [-0.1, -0.05) is 55.5 Å². The number of phenolic OH excluding ortho intramolecular Hbond substituents is 1. The van der Waals surface area contributed by atoms with Crippen LogP contribution in [0.2, 0.25) is 0 Å².